The van der Waals surface area contributed by atoms with E-state index in [1.165, 1.54) is 0 Å². The Morgan fingerprint density at radius 1 is 1.27 bits per heavy atom. The number of carbonyl (C=O) groups is 1. The Morgan fingerprint density at radius 2 is 2.08 bits per heavy atom. The molecule has 3 heterocycles. The van der Waals surface area contributed by atoms with E-state index in [2.05, 4.69) is 9.97 Å². The molecule has 7 heteroatoms. The van der Waals surface area contributed by atoms with Crippen molar-refractivity contribution in [3.63, 3.8) is 0 Å². The number of nitrogens with zero attached hydrogens (tertiary/aromatic N) is 3. The number of primary amides is 1. The number of nitrogens with two attached hydrogens (primary N) is 1. The van der Waals surface area contributed by atoms with Crippen LogP contribution in [0.2, 0.25) is 0 Å². The van der Waals surface area contributed by atoms with Gasteiger partial charge in [0.15, 0.2) is 0 Å². The molecule has 132 valence electrons. The average molecular weight is 354 g/mol. The molecule has 1 fully saturated rings. The Hall–Kier alpha value is -3.09. The normalized spacial score (nSPS) is 20.6. The molecule has 26 heavy (non-hydrogen) atoms. The van der Waals surface area contributed by atoms with Crippen molar-refractivity contribution in [3.8, 4) is 0 Å². The molecule has 0 bridgehead atoms. The van der Waals surface area contributed by atoms with Crippen LogP contribution in [0.15, 0.2) is 54.8 Å². The average Bonchev–Trinajstić information content (AvgIpc) is 3.30. The van der Waals surface area contributed by atoms with Gasteiger partial charge in [0.2, 0.25) is 0 Å². The van der Waals surface area contributed by atoms with Gasteiger partial charge in [-0.3, -0.25) is 4.79 Å². The van der Waals surface area contributed by atoms with Gasteiger partial charge in [-0.2, -0.15) is 0 Å². The van der Waals surface area contributed by atoms with Crippen molar-refractivity contribution >= 4 is 17.4 Å². The van der Waals surface area contributed by atoms with Crippen LogP contribution in [0.3, 0.4) is 0 Å². The summed E-state index contributed by atoms with van der Waals surface area (Å²) >= 11 is 0. The third kappa shape index (κ3) is 2.85. The summed E-state index contributed by atoms with van der Waals surface area (Å²) in [6, 6.07) is 8.71. The van der Waals surface area contributed by atoms with E-state index in [9.17, 15) is 13.6 Å². The number of aromatic nitrogens is 2. The highest BCUT2D eigenvalue weighted by molar-refractivity contribution is 5.98. The second kappa shape index (κ2) is 6.01. The van der Waals surface area contributed by atoms with Crippen LogP contribution >= 0.6 is 0 Å². The van der Waals surface area contributed by atoms with E-state index < -0.39 is 17.7 Å². The van der Waals surface area contributed by atoms with Crippen LogP contribution in [0.25, 0.3) is 5.70 Å². The molecule has 1 atom stereocenters. The molecule has 4 rings (SSSR count). The van der Waals surface area contributed by atoms with E-state index >= 15 is 0 Å². The number of halogens is 2. The highest BCUT2D eigenvalue weighted by Gasteiger charge is 2.58. The number of allylic oxidation sites excluding steroid dienone is 2. The highest BCUT2D eigenvalue weighted by Crippen LogP contribution is 2.55. The maximum Gasteiger partial charge on any atom is 0.268 e. The summed E-state index contributed by atoms with van der Waals surface area (Å²) in [7, 11) is 0. The van der Waals surface area contributed by atoms with Gasteiger partial charge in [-0.15, -0.1) is 0 Å². The Bertz CT molecular complexity index is 924. The topological polar surface area (TPSA) is 72.1 Å². The van der Waals surface area contributed by atoms with E-state index in [4.69, 9.17) is 5.73 Å². The largest absolute Gasteiger partial charge is 0.364 e. The first-order valence-corrected chi connectivity index (χ1v) is 8.22. The molecule has 1 amide bonds. The molecule has 2 aromatic rings. The van der Waals surface area contributed by atoms with Gasteiger partial charge in [-0.05, 0) is 30.3 Å². The van der Waals surface area contributed by atoms with Crippen molar-refractivity contribution in [2.24, 2.45) is 5.73 Å². The molecule has 2 aliphatic rings. The van der Waals surface area contributed by atoms with Crippen LogP contribution < -0.4 is 10.6 Å². The number of rotatable bonds is 4. The van der Waals surface area contributed by atoms with Crippen molar-refractivity contribution in [1.29, 1.82) is 0 Å². The fourth-order valence-electron chi connectivity index (χ4n) is 3.08. The number of hydrogen-bond donors (Lipinski definition) is 1. The summed E-state index contributed by atoms with van der Waals surface area (Å²) in [5.41, 5.74) is 6.88. The molecule has 0 radical (unpaired) electrons. The first-order valence-electron chi connectivity index (χ1n) is 8.22. The first-order chi connectivity index (χ1) is 12.5. The Morgan fingerprint density at radius 3 is 2.73 bits per heavy atom. The van der Waals surface area contributed by atoms with Gasteiger partial charge in [0.1, 0.15) is 11.5 Å². The third-order valence-electron chi connectivity index (χ3n) is 4.50. The summed E-state index contributed by atoms with van der Waals surface area (Å²) in [5, 5.41) is 0. The molecule has 1 unspecified atom stereocenters. The van der Waals surface area contributed by atoms with Crippen LogP contribution in [-0.4, -0.2) is 28.3 Å². The molecule has 2 aromatic heterocycles. The standard InChI is InChI=1S/C19H16F2N4O/c20-19(21)11-13(19)14-8-7-12(17(24-14)18(22)26)15-5-2-4-10-25(15)16-6-1-3-9-23-16/h1-9,13H,10-11H2,(H2,22,26). The molecule has 1 saturated carbocycles. The smallest absolute Gasteiger partial charge is 0.268 e. The zero-order valence-electron chi connectivity index (χ0n) is 13.8. The fraction of sp³-hybridized carbons (Fsp3) is 0.211. The summed E-state index contributed by atoms with van der Waals surface area (Å²) < 4.78 is 26.7. The first kappa shape index (κ1) is 16.4. The van der Waals surface area contributed by atoms with Crippen molar-refractivity contribution in [3.05, 3.63) is 71.7 Å². The Kier molecular flexibility index (Phi) is 3.79. The quantitative estimate of drug-likeness (QED) is 0.916. The van der Waals surface area contributed by atoms with Crippen molar-refractivity contribution < 1.29 is 13.6 Å². The van der Waals surface area contributed by atoms with Crippen LogP contribution in [0.1, 0.15) is 34.1 Å². The lowest BCUT2D eigenvalue weighted by Crippen LogP contribution is -2.27. The van der Waals surface area contributed by atoms with Gasteiger partial charge >= 0.3 is 0 Å². The minimum absolute atomic E-state index is 0.00678. The summed E-state index contributed by atoms with van der Waals surface area (Å²) in [4.78, 5) is 22.4. The lowest BCUT2D eigenvalue weighted by atomic mass is 10.0. The van der Waals surface area contributed by atoms with Crippen molar-refractivity contribution in [2.45, 2.75) is 18.3 Å². The van der Waals surface area contributed by atoms with E-state index in [0.717, 1.165) is 0 Å². The molecule has 0 saturated heterocycles. The number of amides is 1. The number of carbonyl (C=O) groups excluding carboxylic acids is 1. The lowest BCUT2D eigenvalue weighted by molar-refractivity contribution is 0.0991. The monoisotopic (exact) mass is 354 g/mol. The maximum absolute atomic E-state index is 13.4. The highest BCUT2D eigenvalue weighted by atomic mass is 19.3. The fourth-order valence-corrected chi connectivity index (χ4v) is 3.08. The van der Waals surface area contributed by atoms with Gasteiger partial charge in [0.25, 0.3) is 11.8 Å². The maximum atomic E-state index is 13.4. The Balaban J connectivity index is 1.77. The molecule has 1 aliphatic carbocycles. The van der Waals surface area contributed by atoms with Crippen molar-refractivity contribution in [2.75, 3.05) is 11.4 Å². The zero-order valence-corrected chi connectivity index (χ0v) is 13.8. The van der Waals surface area contributed by atoms with Gasteiger partial charge < -0.3 is 10.6 Å². The third-order valence-corrected chi connectivity index (χ3v) is 4.50. The summed E-state index contributed by atoms with van der Waals surface area (Å²) in [6.45, 7) is 0.559. The van der Waals surface area contributed by atoms with Crippen LogP contribution in [-0.2, 0) is 0 Å². The van der Waals surface area contributed by atoms with Crippen molar-refractivity contribution in [1.82, 2.24) is 9.97 Å². The molecule has 5 nitrogen and oxygen atoms in total. The van der Waals surface area contributed by atoms with E-state index in [0.29, 0.717) is 23.6 Å². The molecule has 2 N–H and O–H groups in total. The van der Waals surface area contributed by atoms with E-state index in [1.54, 1.807) is 18.3 Å². The van der Waals surface area contributed by atoms with Crippen LogP contribution in [0.4, 0.5) is 14.6 Å². The van der Waals surface area contributed by atoms with E-state index in [-0.39, 0.29) is 17.8 Å². The second-order valence-electron chi connectivity index (χ2n) is 6.29. The SMILES string of the molecule is NC(=O)c1nc(C2CC2(F)F)ccc1C1=CC=CCN1c1ccccn1. The molecule has 0 aromatic carbocycles. The van der Waals surface area contributed by atoms with Crippen LogP contribution in [0.5, 0.6) is 0 Å². The Labute approximate surface area is 148 Å². The van der Waals surface area contributed by atoms with Gasteiger partial charge in [0, 0.05) is 24.7 Å². The van der Waals surface area contributed by atoms with Gasteiger partial charge in [-0.25, -0.2) is 18.7 Å². The minimum atomic E-state index is -2.75. The zero-order chi connectivity index (χ0) is 18.3. The number of alkyl halides is 2. The lowest BCUT2D eigenvalue weighted by Gasteiger charge is -2.28. The predicted molar refractivity (Wildman–Crippen MR) is 93.8 cm³/mol. The minimum Gasteiger partial charge on any atom is -0.364 e. The van der Waals surface area contributed by atoms with E-state index in [1.807, 2.05) is 41.3 Å². The summed E-state index contributed by atoms with van der Waals surface area (Å²) in [5.74, 6) is -3.74. The molecular weight excluding hydrogens is 338 g/mol. The molecular formula is C19H16F2N4O. The number of hydrogen-bond acceptors (Lipinski definition) is 4. The van der Waals surface area contributed by atoms with Gasteiger partial charge in [0.05, 0.1) is 17.3 Å². The number of anilines is 1. The molecule has 0 spiro atoms. The number of pyridine rings is 2. The predicted octanol–water partition coefficient (Wildman–Crippen LogP) is 3.12. The second-order valence-corrected chi connectivity index (χ2v) is 6.29. The van der Waals surface area contributed by atoms with Crippen LogP contribution in [0, 0.1) is 0 Å². The van der Waals surface area contributed by atoms with Gasteiger partial charge in [-0.1, -0.05) is 18.2 Å². The summed E-state index contributed by atoms with van der Waals surface area (Å²) in [6.07, 6.45) is 7.07. The molecule has 1 aliphatic heterocycles.